The first kappa shape index (κ1) is 24.1. The quantitative estimate of drug-likeness (QED) is 0.521. The molecule has 0 bridgehead atoms. The molecule has 190 valence electrons. The van der Waals surface area contributed by atoms with E-state index >= 15 is 0 Å². The Labute approximate surface area is 220 Å². The Kier molecular flexibility index (Phi) is 6.21. The molecule has 1 saturated carbocycles. The number of pyridine rings is 1. The summed E-state index contributed by atoms with van der Waals surface area (Å²) in [5, 5.41) is 11.1. The van der Waals surface area contributed by atoms with E-state index in [0.717, 1.165) is 42.5 Å². The fourth-order valence-corrected chi connectivity index (χ4v) is 5.80. The first-order valence-electron chi connectivity index (χ1n) is 12.9. The van der Waals surface area contributed by atoms with Gasteiger partial charge in [-0.1, -0.05) is 29.8 Å². The van der Waals surface area contributed by atoms with Gasteiger partial charge in [-0.3, -0.25) is 14.6 Å². The topological polar surface area (TPSA) is 99.2 Å². The Morgan fingerprint density at radius 1 is 1.16 bits per heavy atom. The van der Waals surface area contributed by atoms with Gasteiger partial charge in [-0.05, 0) is 79.0 Å². The summed E-state index contributed by atoms with van der Waals surface area (Å²) in [6.07, 6.45) is 11.7. The SMILES string of the molecule is O=C([C@H](O)c1cccc(Cl)c1)N1CCc2nc(C3(c4cncc(C5=CCCCC5)c4)CC3)[nH]c(=O)c2C1. The molecular formula is C29H29ClN4O3. The van der Waals surface area contributed by atoms with Gasteiger partial charge in [0.1, 0.15) is 5.82 Å². The first-order valence-corrected chi connectivity index (χ1v) is 13.3. The number of amides is 1. The van der Waals surface area contributed by atoms with Gasteiger partial charge in [0.25, 0.3) is 11.5 Å². The van der Waals surface area contributed by atoms with Crippen LogP contribution in [0.2, 0.25) is 5.02 Å². The van der Waals surface area contributed by atoms with Gasteiger partial charge in [0, 0.05) is 30.4 Å². The minimum Gasteiger partial charge on any atom is -0.378 e. The highest BCUT2D eigenvalue weighted by Crippen LogP contribution is 2.52. The molecule has 0 radical (unpaired) electrons. The fourth-order valence-electron chi connectivity index (χ4n) is 5.60. The van der Waals surface area contributed by atoms with Crippen LogP contribution in [0.3, 0.4) is 0 Å². The van der Waals surface area contributed by atoms with Crippen LogP contribution in [0.15, 0.2) is 53.6 Å². The molecule has 2 N–H and O–H groups in total. The van der Waals surface area contributed by atoms with E-state index in [1.807, 2.05) is 12.4 Å². The molecule has 1 atom stereocenters. The maximum Gasteiger partial charge on any atom is 0.256 e. The van der Waals surface area contributed by atoms with Gasteiger partial charge < -0.3 is 15.0 Å². The molecule has 0 spiro atoms. The van der Waals surface area contributed by atoms with Gasteiger partial charge in [0.15, 0.2) is 6.10 Å². The second-order valence-electron chi connectivity index (χ2n) is 10.3. The van der Waals surface area contributed by atoms with Crippen LogP contribution in [-0.2, 0) is 23.2 Å². The van der Waals surface area contributed by atoms with E-state index in [0.29, 0.717) is 34.9 Å². The maximum absolute atomic E-state index is 13.2. The number of aromatic amines is 1. The average Bonchev–Trinajstić information content (AvgIpc) is 3.75. The van der Waals surface area contributed by atoms with E-state index in [2.05, 4.69) is 22.1 Å². The van der Waals surface area contributed by atoms with Crippen molar-refractivity contribution < 1.29 is 9.90 Å². The van der Waals surface area contributed by atoms with Crippen LogP contribution in [-0.4, -0.2) is 37.4 Å². The predicted molar refractivity (Wildman–Crippen MR) is 141 cm³/mol. The predicted octanol–water partition coefficient (Wildman–Crippen LogP) is 4.47. The summed E-state index contributed by atoms with van der Waals surface area (Å²) in [6, 6.07) is 8.84. The summed E-state index contributed by atoms with van der Waals surface area (Å²) >= 11 is 6.02. The van der Waals surface area contributed by atoms with Crippen molar-refractivity contribution in [3.8, 4) is 0 Å². The third kappa shape index (κ3) is 4.51. The molecule has 1 aromatic carbocycles. The smallest absolute Gasteiger partial charge is 0.256 e. The zero-order chi connectivity index (χ0) is 25.6. The number of fused-ring (bicyclic) bond motifs is 1. The van der Waals surface area contributed by atoms with Crippen molar-refractivity contribution in [2.75, 3.05) is 6.54 Å². The lowest BCUT2D eigenvalue weighted by Gasteiger charge is -2.30. The number of carbonyl (C=O) groups excluding carboxylic acids is 1. The minimum atomic E-state index is -1.33. The van der Waals surface area contributed by atoms with Crippen LogP contribution >= 0.6 is 11.6 Å². The van der Waals surface area contributed by atoms with Crippen LogP contribution < -0.4 is 5.56 Å². The Balaban J connectivity index is 1.25. The van der Waals surface area contributed by atoms with E-state index in [9.17, 15) is 14.7 Å². The van der Waals surface area contributed by atoms with Gasteiger partial charge in [0.05, 0.1) is 23.2 Å². The Bertz CT molecular complexity index is 1460. The third-order valence-corrected chi connectivity index (χ3v) is 8.17. The molecule has 3 aromatic rings. The number of nitrogens with zero attached hydrogens (tertiary/aromatic N) is 3. The Morgan fingerprint density at radius 3 is 2.78 bits per heavy atom. The number of carbonyl (C=O) groups is 1. The number of aliphatic hydroxyl groups excluding tert-OH is 1. The second kappa shape index (κ2) is 9.54. The largest absolute Gasteiger partial charge is 0.378 e. The number of halogens is 1. The molecule has 0 unspecified atom stereocenters. The maximum atomic E-state index is 13.2. The van der Waals surface area contributed by atoms with E-state index in [-0.39, 0.29) is 17.5 Å². The van der Waals surface area contributed by atoms with E-state index in [1.54, 1.807) is 24.3 Å². The number of allylic oxidation sites excluding steroid dienone is 2. The van der Waals surface area contributed by atoms with Crippen molar-refractivity contribution in [2.45, 2.75) is 63.0 Å². The average molecular weight is 517 g/mol. The molecule has 2 aromatic heterocycles. The highest BCUT2D eigenvalue weighted by Gasteiger charge is 2.49. The lowest BCUT2D eigenvalue weighted by molar-refractivity contribution is -0.141. The summed E-state index contributed by atoms with van der Waals surface area (Å²) in [7, 11) is 0. The standard InChI is InChI=1S/C29H29ClN4O3/c30-22-8-4-7-19(14-22)25(35)27(37)34-12-9-24-23(17-34)26(36)33-28(32-24)29(10-11-29)21-13-20(15-31-16-21)18-5-2-1-3-6-18/h4-5,7-8,13-16,25,35H,1-3,6,9-12,17H2,(H,32,33,36)/t25-/m1/s1. The molecular weight excluding hydrogens is 488 g/mol. The van der Waals surface area contributed by atoms with Crippen LogP contribution in [0.5, 0.6) is 0 Å². The molecule has 8 heteroatoms. The van der Waals surface area contributed by atoms with Crippen LogP contribution in [0.4, 0.5) is 0 Å². The number of hydrogen-bond acceptors (Lipinski definition) is 5. The van der Waals surface area contributed by atoms with E-state index in [1.165, 1.54) is 23.3 Å². The van der Waals surface area contributed by atoms with Crippen molar-refractivity contribution in [1.82, 2.24) is 19.9 Å². The van der Waals surface area contributed by atoms with Crippen molar-refractivity contribution >= 4 is 23.1 Å². The number of rotatable bonds is 5. The summed E-state index contributed by atoms with van der Waals surface area (Å²) in [5.74, 6) is 0.238. The number of hydrogen-bond donors (Lipinski definition) is 2. The van der Waals surface area contributed by atoms with Crippen LogP contribution in [0.1, 0.15) is 78.4 Å². The highest BCUT2D eigenvalue weighted by atomic mass is 35.5. The summed E-state index contributed by atoms with van der Waals surface area (Å²) in [4.78, 5) is 40.2. The Morgan fingerprint density at radius 2 is 2.03 bits per heavy atom. The summed E-state index contributed by atoms with van der Waals surface area (Å²) in [6.45, 7) is 0.504. The molecule has 1 fully saturated rings. The van der Waals surface area contributed by atoms with Crippen molar-refractivity contribution in [1.29, 1.82) is 0 Å². The van der Waals surface area contributed by atoms with Crippen molar-refractivity contribution in [2.24, 2.45) is 0 Å². The molecule has 3 heterocycles. The first-order chi connectivity index (χ1) is 17.9. The van der Waals surface area contributed by atoms with Crippen molar-refractivity contribution in [3.05, 3.63) is 98.0 Å². The third-order valence-electron chi connectivity index (χ3n) is 7.93. The van der Waals surface area contributed by atoms with Crippen LogP contribution in [0, 0.1) is 0 Å². The number of nitrogens with one attached hydrogen (secondary N) is 1. The number of benzene rings is 1. The monoisotopic (exact) mass is 516 g/mol. The van der Waals surface area contributed by atoms with Crippen molar-refractivity contribution in [3.63, 3.8) is 0 Å². The molecule has 2 aliphatic carbocycles. The van der Waals surface area contributed by atoms with Gasteiger partial charge in [-0.2, -0.15) is 0 Å². The molecule has 37 heavy (non-hydrogen) atoms. The number of H-pyrrole nitrogens is 1. The molecule has 6 rings (SSSR count). The zero-order valence-corrected chi connectivity index (χ0v) is 21.3. The van der Waals surface area contributed by atoms with Gasteiger partial charge >= 0.3 is 0 Å². The van der Waals surface area contributed by atoms with Gasteiger partial charge in [-0.15, -0.1) is 0 Å². The van der Waals surface area contributed by atoms with Gasteiger partial charge in [-0.25, -0.2) is 4.98 Å². The van der Waals surface area contributed by atoms with E-state index in [4.69, 9.17) is 16.6 Å². The molecule has 3 aliphatic rings. The molecule has 7 nitrogen and oxygen atoms in total. The van der Waals surface area contributed by atoms with Crippen LogP contribution in [0.25, 0.3) is 5.57 Å². The number of aliphatic hydroxyl groups is 1. The molecule has 1 aliphatic heterocycles. The molecule has 1 amide bonds. The lowest BCUT2D eigenvalue weighted by Crippen LogP contribution is -2.42. The van der Waals surface area contributed by atoms with Gasteiger partial charge in [0.2, 0.25) is 0 Å². The van der Waals surface area contributed by atoms with E-state index < -0.39 is 12.0 Å². The lowest BCUT2D eigenvalue weighted by atomic mass is 9.90. The normalized spacial score (nSPS) is 19.1. The number of aromatic nitrogens is 3. The summed E-state index contributed by atoms with van der Waals surface area (Å²) < 4.78 is 0. The minimum absolute atomic E-state index is 0.118. The summed E-state index contributed by atoms with van der Waals surface area (Å²) in [5.41, 5.74) is 4.71. The zero-order valence-electron chi connectivity index (χ0n) is 20.5. The Hall–Kier alpha value is -3.29. The molecule has 0 saturated heterocycles. The fraction of sp³-hybridized carbons (Fsp3) is 0.379. The second-order valence-corrected chi connectivity index (χ2v) is 10.8. The highest BCUT2D eigenvalue weighted by molar-refractivity contribution is 6.30.